The molecule has 3 heterocycles. The second kappa shape index (κ2) is 6.88. The molecule has 0 N–H and O–H groups in total. The molecule has 1 aliphatic carbocycles. The topological polar surface area (TPSA) is 54.5 Å². The SMILES string of the molecule is C[C@@]12C3=C(Br)[C@@](CCCCCCCC3)([C@H]3C(=O)N(c4ccccc4)C(=O)[C@H]31)S2=O. The highest BCUT2D eigenvalue weighted by molar-refractivity contribution is 9.12. The molecule has 1 aromatic carbocycles. The van der Waals surface area contributed by atoms with Crippen molar-refractivity contribution in [3.8, 4) is 0 Å². The van der Waals surface area contributed by atoms with Crippen molar-refractivity contribution in [2.75, 3.05) is 4.90 Å². The smallest absolute Gasteiger partial charge is 0.239 e. The Balaban J connectivity index is 1.66. The lowest BCUT2D eigenvalue weighted by atomic mass is 9.67. The minimum absolute atomic E-state index is 0.170. The number of benzene rings is 1. The second-order valence-corrected chi connectivity index (χ2v) is 11.9. The number of hydrogen-bond donors (Lipinski definition) is 0. The summed E-state index contributed by atoms with van der Waals surface area (Å²) in [5, 5.41) is 0. The van der Waals surface area contributed by atoms with Crippen LogP contribution in [-0.4, -0.2) is 25.5 Å². The van der Waals surface area contributed by atoms with Crippen LogP contribution in [0.5, 0.6) is 0 Å². The van der Waals surface area contributed by atoms with Crippen molar-refractivity contribution >= 4 is 44.2 Å². The van der Waals surface area contributed by atoms with Gasteiger partial charge in [-0.15, -0.1) is 0 Å². The largest absolute Gasteiger partial charge is 0.274 e. The predicted molar refractivity (Wildman–Crippen MR) is 118 cm³/mol. The molecule has 1 aromatic rings. The fourth-order valence-electron chi connectivity index (χ4n) is 6.24. The van der Waals surface area contributed by atoms with E-state index in [1.807, 2.05) is 37.3 Å². The van der Waals surface area contributed by atoms with Crippen LogP contribution < -0.4 is 4.90 Å². The van der Waals surface area contributed by atoms with Crippen LogP contribution in [0.4, 0.5) is 5.69 Å². The first-order valence-corrected chi connectivity index (χ1v) is 12.6. The molecule has 5 rings (SSSR count). The van der Waals surface area contributed by atoms with Gasteiger partial charge in [0.05, 0.1) is 27.0 Å². The van der Waals surface area contributed by atoms with Gasteiger partial charge in [0.25, 0.3) is 0 Å². The second-order valence-electron chi connectivity index (χ2n) is 8.98. The van der Waals surface area contributed by atoms with Crippen LogP contribution in [0.3, 0.4) is 0 Å². The van der Waals surface area contributed by atoms with Crippen LogP contribution in [-0.2, 0) is 20.4 Å². The van der Waals surface area contributed by atoms with Crippen LogP contribution in [0.2, 0.25) is 0 Å². The number of carbonyl (C=O) groups is 2. The van der Waals surface area contributed by atoms with E-state index in [1.54, 1.807) is 0 Å². The quantitative estimate of drug-likeness (QED) is 0.545. The van der Waals surface area contributed by atoms with Gasteiger partial charge in [-0.2, -0.15) is 0 Å². The Morgan fingerprint density at radius 3 is 2.31 bits per heavy atom. The van der Waals surface area contributed by atoms with Gasteiger partial charge in [0, 0.05) is 15.3 Å². The first kappa shape index (κ1) is 19.7. The van der Waals surface area contributed by atoms with Crippen LogP contribution in [0.15, 0.2) is 40.4 Å². The lowest BCUT2D eigenvalue weighted by Gasteiger charge is -2.34. The summed E-state index contributed by atoms with van der Waals surface area (Å²) in [4.78, 5) is 28.7. The van der Waals surface area contributed by atoms with E-state index in [9.17, 15) is 13.8 Å². The molecule has 1 spiro atoms. The summed E-state index contributed by atoms with van der Waals surface area (Å²) in [5.74, 6) is -1.39. The van der Waals surface area contributed by atoms with Gasteiger partial charge in [0.2, 0.25) is 11.8 Å². The number of hydrogen-bond acceptors (Lipinski definition) is 3. The average Bonchev–Trinajstić information content (AvgIpc) is 3.15. The molecule has 154 valence electrons. The van der Waals surface area contributed by atoms with Crippen LogP contribution in [0, 0.1) is 11.8 Å². The molecule has 29 heavy (non-hydrogen) atoms. The van der Waals surface area contributed by atoms with E-state index in [-0.39, 0.29) is 11.8 Å². The summed E-state index contributed by atoms with van der Waals surface area (Å²) >= 11 is 3.84. The van der Waals surface area contributed by atoms with E-state index >= 15 is 0 Å². The van der Waals surface area contributed by atoms with E-state index in [2.05, 4.69) is 15.9 Å². The third-order valence-corrected chi connectivity index (χ3v) is 11.6. The van der Waals surface area contributed by atoms with Gasteiger partial charge in [-0.05, 0) is 43.9 Å². The number of nitrogens with zero attached hydrogens (tertiary/aromatic N) is 1. The first-order valence-electron chi connectivity index (χ1n) is 10.7. The fraction of sp³-hybridized carbons (Fsp3) is 0.565. The molecule has 6 heteroatoms. The maximum atomic E-state index is 14.0. The van der Waals surface area contributed by atoms with Gasteiger partial charge in [-0.25, -0.2) is 4.90 Å². The molecule has 5 atom stereocenters. The Hall–Kier alpha value is -1.27. The van der Waals surface area contributed by atoms with Crippen LogP contribution in [0.25, 0.3) is 0 Å². The molecule has 2 amide bonds. The molecule has 3 aliphatic heterocycles. The van der Waals surface area contributed by atoms with Gasteiger partial charge in [-0.1, -0.05) is 66.2 Å². The molecule has 2 saturated heterocycles. The lowest BCUT2D eigenvalue weighted by molar-refractivity contribution is -0.122. The average molecular weight is 476 g/mol. The van der Waals surface area contributed by atoms with Gasteiger partial charge >= 0.3 is 0 Å². The number of para-hydroxylation sites is 1. The van der Waals surface area contributed by atoms with Crippen molar-refractivity contribution in [3.63, 3.8) is 0 Å². The Bertz CT molecular complexity index is 945. The first-order chi connectivity index (χ1) is 14.0. The van der Waals surface area contributed by atoms with Crippen LogP contribution in [0.1, 0.15) is 58.3 Å². The minimum Gasteiger partial charge on any atom is -0.274 e. The van der Waals surface area contributed by atoms with Gasteiger partial charge < -0.3 is 0 Å². The molecule has 0 aromatic heterocycles. The van der Waals surface area contributed by atoms with Crippen molar-refractivity contribution < 1.29 is 13.8 Å². The molecular formula is C23H26BrNO3S. The molecule has 4 aliphatic rings. The Morgan fingerprint density at radius 2 is 1.59 bits per heavy atom. The molecule has 4 nitrogen and oxygen atoms in total. The summed E-state index contributed by atoms with van der Waals surface area (Å²) in [7, 11) is -1.28. The van der Waals surface area contributed by atoms with E-state index in [0.717, 1.165) is 42.2 Å². The van der Waals surface area contributed by atoms with Crippen LogP contribution >= 0.6 is 15.9 Å². The standard InChI is InChI=1S/C23H26BrNO3S/c1-22-16-13-9-4-2-3-5-10-14-23(19(16)24,29(22)28)18-17(22)20(26)25(21(18)27)15-11-7-6-8-12-15/h6-8,11-12,17-18H,2-5,9-10,13-14H2,1H3/t17-,18+,22+,23+,29?/m0/s1. The van der Waals surface area contributed by atoms with E-state index in [1.165, 1.54) is 17.7 Å². The number of carbonyl (C=O) groups excluding carboxylic acids is 2. The number of amides is 2. The highest BCUT2D eigenvalue weighted by atomic mass is 79.9. The van der Waals surface area contributed by atoms with Crippen molar-refractivity contribution in [2.45, 2.75) is 67.8 Å². The highest BCUT2D eigenvalue weighted by Gasteiger charge is 2.79. The third-order valence-electron chi connectivity index (χ3n) is 7.59. The molecule has 3 bridgehead atoms. The third kappa shape index (κ3) is 2.39. The maximum Gasteiger partial charge on any atom is 0.239 e. The van der Waals surface area contributed by atoms with Crippen molar-refractivity contribution in [2.24, 2.45) is 11.8 Å². The monoisotopic (exact) mass is 475 g/mol. The highest BCUT2D eigenvalue weighted by Crippen LogP contribution is 2.69. The normalized spacial score (nSPS) is 39.7. The minimum atomic E-state index is -1.28. The predicted octanol–water partition coefficient (Wildman–Crippen LogP) is 4.85. The van der Waals surface area contributed by atoms with E-state index in [4.69, 9.17) is 0 Å². The van der Waals surface area contributed by atoms with E-state index < -0.39 is 32.1 Å². The molecule has 0 saturated carbocycles. The molecule has 0 radical (unpaired) electrons. The zero-order valence-electron chi connectivity index (χ0n) is 16.7. The Kier molecular flexibility index (Phi) is 4.67. The lowest BCUT2D eigenvalue weighted by Crippen LogP contribution is -2.43. The molecule has 2 fully saturated rings. The van der Waals surface area contributed by atoms with Crippen molar-refractivity contribution in [1.82, 2.24) is 0 Å². The number of imide groups is 1. The molecular weight excluding hydrogens is 450 g/mol. The number of rotatable bonds is 1. The van der Waals surface area contributed by atoms with Gasteiger partial charge in [0.15, 0.2) is 0 Å². The Labute approximate surface area is 182 Å². The summed E-state index contributed by atoms with van der Waals surface area (Å²) in [6.07, 6.45) is 8.23. The zero-order valence-corrected chi connectivity index (χ0v) is 19.1. The number of fused-ring (bicyclic) bond motifs is 4. The summed E-state index contributed by atoms with van der Waals surface area (Å²) in [6.45, 7) is 1.98. The number of halogens is 1. The maximum absolute atomic E-state index is 14.0. The van der Waals surface area contributed by atoms with Gasteiger partial charge in [0.1, 0.15) is 0 Å². The molecule has 1 unspecified atom stereocenters. The van der Waals surface area contributed by atoms with Crippen molar-refractivity contribution in [3.05, 3.63) is 40.4 Å². The zero-order chi connectivity index (χ0) is 20.4. The summed E-state index contributed by atoms with van der Waals surface area (Å²) < 4.78 is 13.5. The summed E-state index contributed by atoms with van der Waals surface area (Å²) in [5.41, 5.74) is 1.76. The van der Waals surface area contributed by atoms with Crippen molar-refractivity contribution in [1.29, 1.82) is 0 Å². The summed E-state index contributed by atoms with van der Waals surface area (Å²) in [6, 6.07) is 9.20. The van der Waals surface area contributed by atoms with E-state index in [0.29, 0.717) is 12.1 Å². The fourth-order valence-corrected chi connectivity index (χ4v) is 10.6. The van der Waals surface area contributed by atoms with Gasteiger partial charge in [-0.3, -0.25) is 13.8 Å². The Morgan fingerprint density at radius 1 is 0.966 bits per heavy atom. The number of anilines is 1.